The first-order valence-corrected chi connectivity index (χ1v) is 16.4. The third-order valence-electron chi connectivity index (χ3n) is 8.60. The number of aromatic nitrogens is 1. The van der Waals surface area contributed by atoms with E-state index in [-0.39, 0.29) is 36.9 Å². The topological polar surface area (TPSA) is 124 Å². The summed E-state index contributed by atoms with van der Waals surface area (Å²) in [5.74, 6) is -0.462. The predicted octanol–water partition coefficient (Wildman–Crippen LogP) is 4.98. The molecule has 0 bridgehead atoms. The normalized spacial score (nSPS) is 21.0. The second kappa shape index (κ2) is 13.4. The number of piperidine rings is 1. The third-order valence-corrected chi connectivity index (χ3v) is 9.53. The van der Waals surface area contributed by atoms with E-state index in [1.165, 1.54) is 29.7 Å². The van der Waals surface area contributed by atoms with Gasteiger partial charge in [0, 0.05) is 6.54 Å². The molecule has 2 aliphatic heterocycles. The van der Waals surface area contributed by atoms with Gasteiger partial charge >= 0.3 is 11.9 Å². The molecular formula is C34H37N3O7S. The van der Waals surface area contributed by atoms with Gasteiger partial charge in [-0.25, -0.2) is 9.78 Å². The molecule has 2 saturated heterocycles. The van der Waals surface area contributed by atoms with Crippen molar-refractivity contribution in [2.45, 2.75) is 70.1 Å². The SMILES string of the molecule is Cc1ncsc1C(=O)N[C@@H](C)[C@H](Oc1ccc(C(=O)O[C@H]2CCCN(C(=O)[C@H]3COC(=O)C3)C2)cc1)c1ccc(C2CC2)cc1. The lowest BCUT2D eigenvalue weighted by Gasteiger charge is -2.33. The molecule has 2 aromatic carbocycles. The van der Waals surface area contributed by atoms with Crippen LogP contribution < -0.4 is 10.1 Å². The van der Waals surface area contributed by atoms with E-state index in [2.05, 4.69) is 34.6 Å². The summed E-state index contributed by atoms with van der Waals surface area (Å²) in [6.45, 7) is 4.69. The number of ether oxygens (including phenoxy) is 3. The van der Waals surface area contributed by atoms with Crippen LogP contribution in [0.15, 0.2) is 54.0 Å². The van der Waals surface area contributed by atoms with Crippen molar-refractivity contribution in [1.29, 1.82) is 0 Å². The first kappa shape index (κ1) is 30.8. The Labute approximate surface area is 266 Å². The van der Waals surface area contributed by atoms with Crippen LogP contribution in [0.5, 0.6) is 5.75 Å². The Kier molecular flexibility index (Phi) is 9.16. The van der Waals surface area contributed by atoms with Crippen LogP contribution in [0, 0.1) is 12.8 Å². The van der Waals surface area contributed by atoms with Crippen LogP contribution in [0.25, 0.3) is 0 Å². The lowest BCUT2D eigenvalue weighted by atomic mass is 10.00. The van der Waals surface area contributed by atoms with Crippen LogP contribution in [0.4, 0.5) is 0 Å². The molecule has 3 aromatic rings. The number of benzene rings is 2. The first-order chi connectivity index (χ1) is 21.7. The highest BCUT2D eigenvalue weighted by molar-refractivity contribution is 7.11. The van der Waals surface area contributed by atoms with Crippen molar-refractivity contribution in [3.63, 3.8) is 0 Å². The zero-order valence-corrected chi connectivity index (χ0v) is 26.2. The standard InChI is InChI=1S/C34H37N3O7S/c1-20(36-32(39)31-21(2)35-19-45-31)30(24-9-7-23(8-10-24)22-5-6-22)43-27-13-11-25(12-14-27)34(41)44-28-4-3-15-37(17-28)33(40)26-16-29(38)42-18-26/h7-14,19-20,22,26,28,30H,3-6,15-18H2,1-2H3,(H,36,39)/t20-,26+,28-,30-/m0/s1. The lowest BCUT2D eigenvalue weighted by Crippen LogP contribution is -2.46. The number of carbonyl (C=O) groups excluding carboxylic acids is 4. The smallest absolute Gasteiger partial charge is 0.338 e. The van der Waals surface area contributed by atoms with Crippen molar-refractivity contribution in [2.24, 2.45) is 5.92 Å². The maximum absolute atomic E-state index is 13.0. The fourth-order valence-corrected chi connectivity index (χ4v) is 6.61. The fraction of sp³-hybridized carbons (Fsp3) is 0.441. The highest BCUT2D eigenvalue weighted by Crippen LogP contribution is 2.40. The molecule has 10 nitrogen and oxygen atoms in total. The van der Waals surface area contributed by atoms with Crippen LogP contribution in [0.1, 0.15) is 87.9 Å². The van der Waals surface area contributed by atoms with Gasteiger partial charge in [0.15, 0.2) is 0 Å². The number of esters is 2. The van der Waals surface area contributed by atoms with Crippen molar-refractivity contribution in [1.82, 2.24) is 15.2 Å². The number of likely N-dealkylation sites (tertiary alicyclic amines) is 1. The summed E-state index contributed by atoms with van der Waals surface area (Å²) in [5, 5.41) is 3.08. The van der Waals surface area contributed by atoms with Crippen molar-refractivity contribution in [3.05, 3.63) is 81.3 Å². The Morgan fingerprint density at radius 3 is 2.47 bits per heavy atom. The third kappa shape index (κ3) is 7.36. The molecule has 6 rings (SSSR count). The molecule has 0 spiro atoms. The summed E-state index contributed by atoms with van der Waals surface area (Å²) in [6, 6.07) is 14.7. The molecule has 3 fully saturated rings. The number of amides is 2. The second-order valence-electron chi connectivity index (χ2n) is 12.1. The van der Waals surface area contributed by atoms with Gasteiger partial charge in [0.1, 0.15) is 29.4 Å². The van der Waals surface area contributed by atoms with Crippen molar-refractivity contribution < 1.29 is 33.4 Å². The van der Waals surface area contributed by atoms with Gasteiger partial charge in [-0.3, -0.25) is 14.4 Å². The summed E-state index contributed by atoms with van der Waals surface area (Å²) >= 11 is 1.30. The van der Waals surface area contributed by atoms with E-state index in [4.69, 9.17) is 14.2 Å². The number of nitrogens with one attached hydrogen (secondary N) is 1. The molecule has 1 N–H and O–H groups in total. The van der Waals surface area contributed by atoms with E-state index in [1.807, 2.05) is 13.8 Å². The van der Waals surface area contributed by atoms with Crippen LogP contribution in [-0.4, -0.2) is 65.5 Å². The number of aryl methyl sites for hydroxylation is 1. The number of nitrogens with zero attached hydrogens (tertiary/aromatic N) is 2. The number of hydrogen-bond donors (Lipinski definition) is 1. The molecule has 3 heterocycles. The monoisotopic (exact) mass is 631 g/mol. The van der Waals surface area contributed by atoms with Gasteiger partial charge in [-0.2, -0.15) is 0 Å². The quantitative estimate of drug-likeness (QED) is 0.311. The Morgan fingerprint density at radius 2 is 1.82 bits per heavy atom. The first-order valence-electron chi connectivity index (χ1n) is 15.5. The molecule has 3 aliphatic rings. The largest absolute Gasteiger partial charge is 0.484 e. The molecule has 45 heavy (non-hydrogen) atoms. The zero-order chi connectivity index (χ0) is 31.5. The molecule has 1 aliphatic carbocycles. The van der Waals surface area contributed by atoms with Gasteiger partial charge in [-0.05, 0) is 80.8 Å². The van der Waals surface area contributed by atoms with E-state index >= 15 is 0 Å². The van der Waals surface area contributed by atoms with E-state index in [9.17, 15) is 19.2 Å². The molecule has 236 valence electrons. The minimum atomic E-state index is -0.487. The van der Waals surface area contributed by atoms with Crippen LogP contribution in [0.3, 0.4) is 0 Å². The molecule has 1 aromatic heterocycles. The maximum Gasteiger partial charge on any atom is 0.338 e. The predicted molar refractivity (Wildman–Crippen MR) is 166 cm³/mol. The second-order valence-corrected chi connectivity index (χ2v) is 12.9. The van der Waals surface area contributed by atoms with Gasteiger partial charge in [-0.1, -0.05) is 24.3 Å². The minimum Gasteiger partial charge on any atom is -0.484 e. The van der Waals surface area contributed by atoms with Gasteiger partial charge in [0.25, 0.3) is 5.91 Å². The van der Waals surface area contributed by atoms with Crippen LogP contribution in [0.2, 0.25) is 0 Å². The summed E-state index contributed by atoms with van der Waals surface area (Å²) in [6.07, 6.45) is 2.96. The summed E-state index contributed by atoms with van der Waals surface area (Å²) in [7, 11) is 0. The lowest BCUT2D eigenvalue weighted by molar-refractivity contribution is -0.139. The summed E-state index contributed by atoms with van der Waals surface area (Å²) in [4.78, 5) is 56.7. The van der Waals surface area contributed by atoms with Gasteiger partial charge < -0.3 is 24.4 Å². The minimum absolute atomic E-state index is 0.0950. The number of carbonyl (C=O) groups is 4. The molecule has 11 heteroatoms. The van der Waals surface area contributed by atoms with Crippen LogP contribution in [-0.2, 0) is 19.1 Å². The van der Waals surface area contributed by atoms with Crippen molar-refractivity contribution >= 4 is 35.1 Å². The van der Waals surface area contributed by atoms with E-state index in [0.29, 0.717) is 53.7 Å². The molecular weight excluding hydrogens is 594 g/mol. The van der Waals surface area contributed by atoms with E-state index in [1.54, 1.807) is 34.7 Å². The molecule has 4 atom stereocenters. The average molecular weight is 632 g/mol. The average Bonchev–Trinajstić information content (AvgIpc) is 3.66. The summed E-state index contributed by atoms with van der Waals surface area (Å²) < 4.78 is 17.2. The van der Waals surface area contributed by atoms with Crippen molar-refractivity contribution in [2.75, 3.05) is 19.7 Å². The maximum atomic E-state index is 13.0. The molecule has 2 amide bonds. The summed E-state index contributed by atoms with van der Waals surface area (Å²) in [5.41, 5.74) is 4.95. The zero-order valence-electron chi connectivity index (χ0n) is 25.4. The molecule has 1 saturated carbocycles. The Morgan fingerprint density at radius 1 is 1.07 bits per heavy atom. The van der Waals surface area contributed by atoms with Gasteiger partial charge in [0.05, 0.1) is 41.7 Å². The molecule has 0 radical (unpaired) electrons. The number of thiazole rings is 1. The Hall–Kier alpha value is -4.25. The Balaban J connectivity index is 1.10. The van der Waals surface area contributed by atoms with Gasteiger partial charge in [-0.15, -0.1) is 11.3 Å². The number of rotatable bonds is 10. The van der Waals surface area contributed by atoms with E-state index < -0.39 is 24.1 Å². The van der Waals surface area contributed by atoms with Crippen LogP contribution >= 0.6 is 11.3 Å². The number of cyclic esters (lactones) is 1. The number of hydrogen-bond acceptors (Lipinski definition) is 9. The fourth-order valence-electron chi connectivity index (χ4n) is 5.90. The Bertz CT molecular complexity index is 1550. The molecule has 0 unspecified atom stereocenters. The highest BCUT2D eigenvalue weighted by Gasteiger charge is 2.36. The highest BCUT2D eigenvalue weighted by atomic mass is 32.1. The van der Waals surface area contributed by atoms with E-state index in [0.717, 1.165) is 5.56 Å². The van der Waals surface area contributed by atoms with Crippen molar-refractivity contribution in [3.8, 4) is 5.75 Å². The van der Waals surface area contributed by atoms with Gasteiger partial charge in [0.2, 0.25) is 5.91 Å².